The number of rotatable bonds is 5. The van der Waals surface area contributed by atoms with Crippen LogP contribution in [0.1, 0.15) is 37.8 Å². The molecule has 1 aliphatic heterocycles. The van der Waals surface area contributed by atoms with Crippen LogP contribution in [0.25, 0.3) is 16.7 Å². The van der Waals surface area contributed by atoms with Crippen molar-refractivity contribution < 1.29 is 28.6 Å². The smallest absolute Gasteiger partial charge is 0.410 e. The van der Waals surface area contributed by atoms with E-state index in [0.717, 1.165) is 28.5 Å². The zero-order valence-electron chi connectivity index (χ0n) is 19.9. The van der Waals surface area contributed by atoms with Crippen molar-refractivity contribution in [1.82, 2.24) is 10.2 Å². The molecule has 4 rings (SSSR count). The van der Waals surface area contributed by atoms with Crippen LogP contribution in [0.15, 0.2) is 48.5 Å². The molecule has 2 aliphatic rings. The van der Waals surface area contributed by atoms with Crippen LogP contribution in [-0.2, 0) is 14.3 Å². The molecule has 1 heterocycles. The lowest BCUT2D eigenvalue weighted by Crippen LogP contribution is -2.44. The molecule has 1 N–H and O–H groups in total. The Bertz CT molecular complexity index is 1150. The molecule has 9 heteroatoms. The molecule has 9 nitrogen and oxygen atoms in total. The third-order valence-corrected chi connectivity index (χ3v) is 6.17. The highest BCUT2D eigenvalue weighted by Crippen LogP contribution is 2.44. The highest BCUT2D eigenvalue weighted by Gasteiger charge is 2.42. The van der Waals surface area contributed by atoms with Crippen molar-refractivity contribution in [2.45, 2.75) is 38.3 Å². The molecule has 1 saturated heterocycles. The first-order valence-electron chi connectivity index (χ1n) is 11.5. The maximum atomic E-state index is 12.7. The number of benzene rings is 2. The standard InChI is InChI=1S/C26H28N4O5/c1-26(2,3)35-25(33)30-13-20(23(31)12-28-27)22(14-30)29-24(32)34-15-21-18-10-6-4-8-16(18)17-9-5-7-11-19(17)21/h4-12,20-22H,13-15H2,1-3H3,(H,29,32). The van der Waals surface area contributed by atoms with Crippen LogP contribution in [0.2, 0.25) is 0 Å². The first-order valence-corrected chi connectivity index (χ1v) is 11.5. The maximum absolute atomic E-state index is 12.7. The number of ether oxygens (including phenoxy) is 2. The zero-order valence-corrected chi connectivity index (χ0v) is 19.9. The molecule has 1 fully saturated rings. The average Bonchev–Trinajstić information content (AvgIpc) is 3.36. The molecule has 35 heavy (non-hydrogen) atoms. The number of ketones is 1. The van der Waals surface area contributed by atoms with Gasteiger partial charge in [-0.1, -0.05) is 48.5 Å². The van der Waals surface area contributed by atoms with E-state index in [2.05, 4.69) is 22.2 Å². The van der Waals surface area contributed by atoms with Gasteiger partial charge in [-0.05, 0) is 43.0 Å². The summed E-state index contributed by atoms with van der Waals surface area (Å²) in [5.74, 6) is -1.41. The van der Waals surface area contributed by atoms with E-state index in [0.29, 0.717) is 0 Å². The summed E-state index contributed by atoms with van der Waals surface area (Å²) < 4.78 is 11.0. The summed E-state index contributed by atoms with van der Waals surface area (Å²) in [5.41, 5.74) is 12.5. The Balaban J connectivity index is 1.44. The fourth-order valence-electron chi connectivity index (χ4n) is 4.66. The lowest BCUT2D eigenvalue weighted by molar-refractivity contribution is -0.119. The van der Waals surface area contributed by atoms with E-state index in [9.17, 15) is 14.4 Å². The Morgan fingerprint density at radius 3 is 2.23 bits per heavy atom. The van der Waals surface area contributed by atoms with Crippen LogP contribution in [0.4, 0.5) is 9.59 Å². The van der Waals surface area contributed by atoms with Crippen molar-refractivity contribution in [2.24, 2.45) is 5.92 Å². The predicted molar refractivity (Wildman–Crippen MR) is 128 cm³/mol. The summed E-state index contributed by atoms with van der Waals surface area (Å²) in [7, 11) is 0. The number of hydrogen-bond acceptors (Lipinski definition) is 5. The van der Waals surface area contributed by atoms with Gasteiger partial charge in [0, 0.05) is 19.0 Å². The monoisotopic (exact) mass is 476 g/mol. The normalized spacial score (nSPS) is 18.8. The van der Waals surface area contributed by atoms with Gasteiger partial charge in [0.2, 0.25) is 5.78 Å². The van der Waals surface area contributed by atoms with E-state index in [4.69, 9.17) is 15.0 Å². The van der Waals surface area contributed by atoms with Gasteiger partial charge in [-0.3, -0.25) is 4.79 Å². The third-order valence-electron chi connectivity index (χ3n) is 6.17. The van der Waals surface area contributed by atoms with Gasteiger partial charge in [0.1, 0.15) is 12.2 Å². The first kappa shape index (κ1) is 24.2. The van der Waals surface area contributed by atoms with Gasteiger partial charge in [-0.25, -0.2) is 9.59 Å². The Labute approximate surface area is 203 Å². The molecule has 0 radical (unpaired) electrons. The number of nitrogens with one attached hydrogen (secondary N) is 1. The van der Waals surface area contributed by atoms with Crippen molar-refractivity contribution in [3.8, 4) is 11.1 Å². The molecule has 2 aromatic rings. The fourth-order valence-corrected chi connectivity index (χ4v) is 4.66. The van der Waals surface area contributed by atoms with Crippen LogP contribution < -0.4 is 5.32 Å². The predicted octanol–water partition coefficient (Wildman–Crippen LogP) is 3.63. The van der Waals surface area contributed by atoms with Crippen molar-refractivity contribution in [3.63, 3.8) is 0 Å². The molecule has 2 atom stereocenters. The fraction of sp³-hybridized carbons (Fsp3) is 0.385. The Kier molecular flexibility index (Phi) is 6.71. The Hall–Kier alpha value is -3.97. The zero-order chi connectivity index (χ0) is 25.2. The largest absolute Gasteiger partial charge is 0.449 e. The van der Waals surface area contributed by atoms with Crippen LogP contribution in [-0.4, -0.2) is 65.2 Å². The van der Waals surface area contributed by atoms with Gasteiger partial charge in [-0.15, -0.1) is 0 Å². The molecule has 0 bridgehead atoms. The molecule has 0 aromatic heterocycles. The maximum Gasteiger partial charge on any atom is 0.410 e. The van der Waals surface area contributed by atoms with Gasteiger partial charge in [-0.2, -0.15) is 4.79 Å². The van der Waals surface area contributed by atoms with Crippen LogP contribution in [0.3, 0.4) is 0 Å². The summed E-state index contributed by atoms with van der Waals surface area (Å²) in [6.45, 7) is 5.44. The van der Waals surface area contributed by atoms with Gasteiger partial charge < -0.3 is 25.2 Å². The minimum atomic E-state index is -0.793. The van der Waals surface area contributed by atoms with Gasteiger partial charge in [0.25, 0.3) is 0 Å². The highest BCUT2D eigenvalue weighted by molar-refractivity contribution is 6.26. The van der Waals surface area contributed by atoms with Crippen LogP contribution in [0, 0.1) is 5.92 Å². The number of hydrogen-bond donors (Lipinski definition) is 1. The second-order valence-corrected chi connectivity index (χ2v) is 9.72. The molecule has 2 unspecified atom stereocenters. The van der Waals surface area contributed by atoms with Crippen LogP contribution >= 0.6 is 0 Å². The van der Waals surface area contributed by atoms with E-state index in [1.54, 1.807) is 20.8 Å². The Morgan fingerprint density at radius 1 is 1.06 bits per heavy atom. The minimum Gasteiger partial charge on any atom is -0.449 e. The lowest BCUT2D eigenvalue weighted by atomic mass is 9.98. The average molecular weight is 477 g/mol. The van der Waals surface area contributed by atoms with Crippen molar-refractivity contribution in [3.05, 3.63) is 65.2 Å². The third kappa shape index (κ3) is 5.25. The van der Waals surface area contributed by atoms with E-state index in [1.807, 2.05) is 36.4 Å². The number of carbonyl (C=O) groups is 3. The summed E-state index contributed by atoms with van der Waals surface area (Å²) in [6.07, 6.45) is -0.509. The molecule has 0 saturated carbocycles. The van der Waals surface area contributed by atoms with Gasteiger partial charge in [0.05, 0.1) is 12.0 Å². The van der Waals surface area contributed by atoms with E-state index >= 15 is 0 Å². The van der Waals surface area contributed by atoms with Crippen LogP contribution in [0.5, 0.6) is 0 Å². The summed E-state index contributed by atoms with van der Waals surface area (Å²) >= 11 is 0. The van der Waals surface area contributed by atoms with Gasteiger partial charge in [0.15, 0.2) is 0 Å². The molecular weight excluding hydrogens is 448 g/mol. The topological polar surface area (TPSA) is 121 Å². The number of carbonyl (C=O) groups excluding carboxylic acids is 3. The van der Waals surface area contributed by atoms with Gasteiger partial charge >= 0.3 is 18.4 Å². The Morgan fingerprint density at radius 2 is 1.66 bits per heavy atom. The SMILES string of the molecule is CC(C)(C)OC(=O)N1CC(NC(=O)OCC2c3ccccc3-c3ccccc32)C(C(=O)C=[N+]=[N-])C1. The number of Topliss-reactive ketones (excluding diaryl/α,β-unsaturated/α-hetero) is 1. The number of nitrogens with zero attached hydrogens (tertiary/aromatic N) is 3. The number of amides is 2. The second-order valence-electron chi connectivity index (χ2n) is 9.72. The summed E-state index contributed by atoms with van der Waals surface area (Å²) in [5, 5.41) is 2.71. The summed E-state index contributed by atoms with van der Waals surface area (Å²) in [6, 6.07) is 15.3. The molecule has 2 amide bonds. The van der Waals surface area contributed by atoms with Crippen molar-refractivity contribution in [1.29, 1.82) is 0 Å². The minimum absolute atomic E-state index is 0.0219. The highest BCUT2D eigenvalue weighted by atomic mass is 16.6. The van der Waals surface area contributed by atoms with Crippen molar-refractivity contribution in [2.75, 3.05) is 19.7 Å². The number of likely N-dealkylation sites (tertiary alicyclic amines) is 1. The second kappa shape index (κ2) is 9.72. The number of alkyl carbamates (subject to hydrolysis) is 1. The number of fused-ring (bicyclic) bond motifs is 3. The molecular formula is C26H28N4O5. The lowest BCUT2D eigenvalue weighted by Gasteiger charge is -2.24. The summed E-state index contributed by atoms with van der Waals surface area (Å²) in [4.78, 5) is 41.9. The molecule has 182 valence electrons. The van der Waals surface area contributed by atoms with E-state index in [1.165, 1.54) is 4.90 Å². The van der Waals surface area contributed by atoms with E-state index < -0.39 is 35.5 Å². The van der Waals surface area contributed by atoms with Crippen molar-refractivity contribution >= 4 is 24.2 Å². The molecule has 2 aromatic carbocycles. The quantitative estimate of drug-likeness (QED) is 0.401. The first-order chi connectivity index (χ1) is 16.7. The molecule has 0 spiro atoms. The van der Waals surface area contributed by atoms with E-state index in [-0.39, 0.29) is 25.6 Å². The molecule has 1 aliphatic carbocycles.